The van der Waals surface area contributed by atoms with E-state index in [-0.39, 0.29) is 12.7 Å². The Morgan fingerprint density at radius 2 is 1.92 bits per heavy atom. The van der Waals surface area contributed by atoms with Crippen LogP contribution in [-0.4, -0.2) is 17.7 Å². The lowest BCUT2D eigenvalue weighted by Crippen LogP contribution is -2.45. The van der Waals surface area contributed by atoms with Crippen LogP contribution in [0.1, 0.15) is 43.4 Å². The van der Waals surface area contributed by atoms with E-state index in [0.29, 0.717) is 6.54 Å². The van der Waals surface area contributed by atoms with E-state index >= 15 is 0 Å². The minimum atomic E-state index is -0.492. The van der Waals surface area contributed by atoms with Crippen LogP contribution in [0.2, 0.25) is 0 Å². The van der Waals surface area contributed by atoms with Crippen LogP contribution in [0.15, 0.2) is 42.6 Å². The fourth-order valence-electron chi connectivity index (χ4n) is 3.84. The number of fused-ring (bicyclic) bond motifs is 1. The summed E-state index contributed by atoms with van der Waals surface area (Å²) in [6.45, 7) is 0.698. The molecule has 2 heterocycles. The van der Waals surface area contributed by atoms with Gasteiger partial charge >= 0.3 is 0 Å². The van der Waals surface area contributed by atoms with Crippen molar-refractivity contribution in [3.8, 4) is 11.5 Å². The number of benzene rings is 1. The molecule has 2 aliphatic rings. The van der Waals surface area contributed by atoms with Crippen LogP contribution in [0, 0.1) is 0 Å². The van der Waals surface area contributed by atoms with E-state index in [4.69, 9.17) is 9.47 Å². The Morgan fingerprint density at radius 3 is 2.72 bits per heavy atom. The summed E-state index contributed by atoms with van der Waals surface area (Å²) in [6.07, 6.45) is 6.77. The smallest absolute Gasteiger partial charge is 0.231 e. The summed E-state index contributed by atoms with van der Waals surface area (Å²) in [6, 6.07) is 11.6. The van der Waals surface area contributed by atoms with Gasteiger partial charge in [-0.05, 0) is 42.7 Å². The third kappa shape index (κ3) is 3.06. The molecule has 5 nitrogen and oxygen atoms in total. The summed E-state index contributed by atoms with van der Waals surface area (Å²) in [7, 11) is 0. The van der Waals surface area contributed by atoms with E-state index in [1.165, 1.54) is 6.42 Å². The Morgan fingerprint density at radius 1 is 1.08 bits per heavy atom. The Kier molecular flexibility index (Phi) is 4.30. The van der Waals surface area contributed by atoms with Crippen molar-refractivity contribution in [1.82, 2.24) is 10.3 Å². The second-order valence-corrected chi connectivity index (χ2v) is 6.71. The number of nitrogens with one attached hydrogen (secondary N) is 1. The number of pyridine rings is 1. The molecule has 1 aromatic heterocycles. The first-order chi connectivity index (χ1) is 12.3. The number of ether oxygens (including phenoxy) is 2. The molecule has 0 atom stereocenters. The van der Waals surface area contributed by atoms with Gasteiger partial charge in [0.25, 0.3) is 0 Å². The molecular weight excluding hydrogens is 316 g/mol. The molecule has 0 radical (unpaired) electrons. The van der Waals surface area contributed by atoms with Gasteiger partial charge in [-0.25, -0.2) is 0 Å². The maximum atomic E-state index is 13.2. The highest BCUT2D eigenvalue weighted by Gasteiger charge is 2.41. The van der Waals surface area contributed by atoms with Crippen LogP contribution >= 0.6 is 0 Å². The molecule has 0 bridgehead atoms. The van der Waals surface area contributed by atoms with Gasteiger partial charge in [0.2, 0.25) is 12.7 Å². The monoisotopic (exact) mass is 338 g/mol. The first kappa shape index (κ1) is 15.9. The molecule has 1 amide bonds. The minimum absolute atomic E-state index is 0.0803. The molecule has 1 N–H and O–H groups in total. The van der Waals surface area contributed by atoms with Gasteiger partial charge < -0.3 is 14.8 Å². The van der Waals surface area contributed by atoms with Crippen LogP contribution < -0.4 is 14.8 Å². The molecule has 130 valence electrons. The highest BCUT2D eigenvalue weighted by molar-refractivity contribution is 5.88. The van der Waals surface area contributed by atoms with Crippen molar-refractivity contribution in [3.05, 3.63) is 53.9 Å². The summed E-state index contributed by atoms with van der Waals surface area (Å²) in [4.78, 5) is 17.5. The molecule has 1 fully saturated rings. The number of nitrogens with zero attached hydrogens (tertiary/aromatic N) is 1. The van der Waals surface area contributed by atoms with Crippen LogP contribution in [-0.2, 0) is 16.8 Å². The summed E-state index contributed by atoms with van der Waals surface area (Å²) in [5.74, 6) is 1.57. The van der Waals surface area contributed by atoms with Crippen molar-refractivity contribution < 1.29 is 14.3 Å². The standard InChI is InChI=1S/C20H22N2O3/c23-19(22-13-16-6-2-5-11-21-16)20(9-3-1-4-10-20)15-7-8-17-18(12-15)25-14-24-17/h2,5-8,11-12H,1,3-4,9-10,13-14H2,(H,22,23). The number of hydrogen-bond donors (Lipinski definition) is 1. The van der Waals surface area contributed by atoms with Gasteiger partial charge in [0.1, 0.15) is 0 Å². The lowest BCUT2D eigenvalue weighted by molar-refractivity contribution is -0.128. The number of amides is 1. The quantitative estimate of drug-likeness (QED) is 0.929. The second kappa shape index (κ2) is 6.75. The summed E-state index contributed by atoms with van der Waals surface area (Å²) >= 11 is 0. The van der Waals surface area contributed by atoms with E-state index in [1.807, 2.05) is 36.4 Å². The predicted octanol–water partition coefficient (Wildman–Crippen LogP) is 3.33. The lowest BCUT2D eigenvalue weighted by Gasteiger charge is -2.36. The molecule has 0 spiro atoms. The number of hydrogen-bond acceptors (Lipinski definition) is 4. The highest BCUT2D eigenvalue weighted by atomic mass is 16.7. The maximum absolute atomic E-state index is 13.2. The van der Waals surface area contributed by atoms with Gasteiger partial charge in [-0.15, -0.1) is 0 Å². The zero-order chi connectivity index (χ0) is 17.1. The molecule has 1 aromatic carbocycles. The topological polar surface area (TPSA) is 60.5 Å². The Balaban J connectivity index is 1.59. The third-order valence-electron chi connectivity index (χ3n) is 5.22. The van der Waals surface area contributed by atoms with Crippen LogP contribution in [0.3, 0.4) is 0 Å². The van der Waals surface area contributed by atoms with Crippen molar-refractivity contribution in [2.75, 3.05) is 6.79 Å². The molecule has 0 unspecified atom stereocenters. The molecule has 0 saturated heterocycles. The van der Waals surface area contributed by atoms with Gasteiger partial charge in [-0.2, -0.15) is 0 Å². The molecule has 1 aliphatic carbocycles. The molecule has 1 saturated carbocycles. The molecular formula is C20H22N2O3. The van der Waals surface area contributed by atoms with Crippen LogP contribution in [0.4, 0.5) is 0 Å². The maximum Gasteiger partial charge on any atom is 0.231 e. The minimum Gasteiger partial charge on any atom is -0.454 e. The van der Waals surface area contributed by atoms with Gasteiger partial charge in [0.05, 0.1) is 17.7 Å². The zero-order valence-corrected chi connectivity index (χ0v) is 14.2. The zero-order valence-electron chi connectivity index (χ0n) is 14.2. The molecule has 5 heteroatoms. The number of rotatable bonds is 4. The van der Waals surface area contributed by atoms with E-state index in [0.717, 1.165) is 48.4 Å². The van der Waals surface area contributed by atoms with Crippen LogP contribution in [0.5, 0.6) is 11.5 Å². The summed E-state index contributed by atoms with van der Waals surface area (Å²) in [5, 5.41) is 3.10. The average molecular weight is 338 g/mol. The van der Waals surface area contributed by atoms with Crippen molar-refractivity contribution in [1.29, 1.82) is 0 Å². The van der Waals surface area contributed by atoms with Crippen molar-refractivity contribution in [2.24, 2.45) is 0 Å². The Labute approximate surface area is 147 Å². The molecule has 2 aromatic rings. The van der Waals surface area contributed by atoms with Crippen LogP contribution in [0.25, 0.3) is 0 Å². The van der Waals surface area contributed by atoms with Gasteiger partial charge in [-0.1, -0.05) is 31.4 Å². The summed E-state index contributed by atoms with van der Waals surface area (Å²) < 4.78 is 10.9. The van der Waals surface area contributed by atoms with Crippen molar-refractivity contribution >= 4 is 5.91 Å². The SMILES string of the molecule is O=C(NCc1ccccn1)C1(c2ccc3c(c2)OCO3)CCCCC1. The first-order valence-corrected chi connectivity index (χ1v) is 8.86. The van der Waals surface area contributed by atoms with E-state index in [1.54, 1.807) is 6.20 Å². The molecule has 4 rings (SSSR count). The fourth-order valence-corrected chi connectivity index (χ4v) is 3.84. The van der Waals surface area contributed by atoms with Gasteiger partial charge in [0, 0.05) is 6.20 Å². The second-order valence-electron chi connectivity index (χ2n) is 6.71. The van der Waals surface area contributed by atoms with Crippen molar-refractivity contribution in [2.45, 2.75) is 44.1 Å². The first-order valence-electron chi connectivity index (χ1n) is 8.86. The summed E-state index contributed by atoms with van der Waals surface area (Å²) in [5.41, 5.74) is 1.40. The predicted molar refractivity (Wildman–Crippen MR) is 93.4 cm³/mol. The highest BCUT2D eigenvalue weighted by Crippen LogP contribution is 2.43. The molecule has 1 aliphatic heterocycles. The van der Waals surface area contributed by atoms with Gasteiger partial charge in [0.15, 0.2) is 11.5 Å². The third-order valence-corrected chi connectivity index (χ3v) is 5.22. The number of carbonyl (C=O) groups is 1. The number of carbonyl (C=O) groups excluding carboxylic acids is 1. The number of aromatic nitrogens is 1. The fraction of sp³-hybridized carbons (Fsp3) is 0.400. The van der Waals surface area contributed by atoms with E-state index in [9.17, 15) is 4.79 Å². The largest absolute Gasteiger partial charge is 0.454 e. The van der Waals surface area contributed by atoms with E-state index in [2.05, 4.69) is 10.3 Å². The normalized spacial score (nSPS) is 17.9. The van der Waals surface area contributed by atoms with Crippen molar-refractivity contribution in [3.63, 3.8) is 0 Å². The van der Waals surface area contributed by atoms with E-state index < -0.39 is 5.41 Å². The lowest BCUT2D eigenvalue weighted by atomic mass is 9.68. The Bertz CT molecular complexity index is 755. The van der Waals surface area contributed by atoms with Gasteiger partial charge in [-0.3, -0.25) is 9.78 Å². The average Bonchev–Trinajstić information content (AvgIpc) is 3.15. The molecule has 25 heavy (non-hydrogen) atoms. The Hall–Kier alpha value is -2.56.